The molecule has 0 radical (unpaired) electrons. The maximum atomic E-state index is 7.75. The van der Waals surface area contributed by atoms with Crippen molar-refractivity contribution in [1.82, 2.24) is 0 Å². The molecule has 0 saturated carbocycles. The molecule has 0 aliphatic carbocycles. The van der Waals surface area contributed by atoms with Gasteiger partial charge in [0.05, 0.1) is 0 Å². The Bertz CT molecular complexity index is 484. The summed E-state index contributed by atoms with van der Waals surface area (Å²) in [6, 6.07) is 5.97. The summed E-state index contributed by atoms with van der Waals surface area (Å²) in [6.07, 6.45) is 4.97. The SMILES string of the molecule is CCC1(CC)CCN(c2cc(Br)ccc2C(=N)N)CC1. The van der Waals surface area contributed by atoms with E-state index >= 15 is 0 Å². The number of amidine groups is 1. The average molecular weight is 338 g/mol. The van der Waals surface area contributed by atoms with E-state index in [9.17, 15) is 0 Å². The molecule has 0 aromatic heterocycles. The van der Waals surface area contributed by atoms with E-state index in [0.29, 0.717) is 5.41 Å². The highest BCUT2D eigenvalue weighted by Crippen LogP contribution is 2.40. The van der Waals surface area contributed by atoms with E-state index in [1.54, 1.807) is 0 Å². The molecule has 1 heterocycles. The molecule has 20 heavy (non-hydrogen) atoms. The number of piperidine rings is 1. The van der Waals surface area contributed by atoms with Crippen molar-refractivity contribution in [2.45, 2.75) is 39.5 Å². The fourth-order valence-electron chi connectivity index (χ4n) is 3.17. The topological polar surface area (TPSA) is 53.1 Å². The van der Waals surface area contributed by atoms with Gasteiger partial charge in [-0.1, -0.05) is 42.6 Å². The van der Waals surface area contributed by atoms with E-state index in [1.165, 1.54) is 25.7 Å². The van der Waals surface area contributed by atoms with Crippen LogP contribution in [-0.4, -0.2) is 18.9 Å². The van der Waals surface area contributed by atoms with Crippen LogP contribution in [0, 0.1) is 10.8 Å². The molecule has 0 amide bonds. The van der Waals surface area contributed by atoms with Crippen LogP contribution in [0.25, 0.3) is 0 Å². The molecule has 1 aromatic rings. The van der Waals surface area contributed by atoms with Crippen molar-refractivity contribution < 1.29 is 0 Å². The van der Waals surface area contributed by atoms with E-state index in [1.807, 2.05) is 12.1 Å². The maximum Gasteiger partial charge on any atom is 0.124 e. The number of halogens is 1. The van der Waals surface area contributed by atoms with Gasteiger partial charge in [-0.25, -0.2) is 0 Å². The smallest absolute Gasteiger partial charge is 0.124 e. The van der Waals surface area contributed by atoms with E-state index in [4.69, 9.17) is 11.1 Å². The molecule has 0 spiro atoms. The van der Waals surface area contributed by atoms with E-state index < -0.39 is 0 Å². The minimum atomic E-state index is 0.148. The molecule has 1 aliphatic heterocycles. The maximum absolute atomic E-state index is 7.75. The molecule has 2 rings (SSSR count). The Morgan fingerprint density at radius 1 is 1.30 bits per heavy atom. The van der Waals surface area contributed by atoms with Crippen LogP contribution < -0.4 is 10.6 Å². The molecular weight excluding hydrogens is 314 g/mol. The van der Waals surface area contributed by atoms with Gasteiger partial charge in [0.2, 0.25) is 0 Å². The van der Waals surface area contributed by atoms with Crippen molar-refractivity contribution in [3.05, 3.63) is 28.2 Å². The summed E-state index contributed by atoms with van der Waals surface area (Å²) >= 11 is 3.52. The lowest BCUT2D eigenvalue weighted by atomic mass is 9.74. The Hall–Kier alpha value is -1.03. The third-order valence-electron chi connectivity index (χ3n) is 4.91. The van der Waals surface area contributed by atoms with Crippen molar-refractivity contribution in [1.29, 1.82) is 5.41 Å². The minimum absolute atomic E-state index is 0.148. The molecule has 1 aliphatic rings. The lowest BCUT2D eigenvalue weighted by Gasteiger charge is -2.42. The molecule has 3 nitrogen and oxygen atoms in total. The van der Waals surface area contributed by atoms with Gasteiger partial charge < -0.3 is 10.6 Å². The summed E-state index contributed by atoms with van der Waals surface area (Å²) in [5.74, 6) is 0.148. The highest BCUT2D eigenvalue weighted by molar-refractivity contribution is 9.10. The largest absolute Gasteiger partial charge is 0.384 e. The number of hydrogen-bond acceptors (Lipinski definition) is 2. The Kier molecular flexibility index (Phi) is 4.74. The number of nitrogens with two attached hydrogens (primary N) is 1. The molecule has 0 bridgehead atoms. The van der Waals surface area contributed by atoms with Gasteiger partial charge in [0.1, 0.15) is 5.84 Å². The Morgan fingerprint density at radius 2 is 1.90 bits per heavy atom. The number of nitrogens with zero attached hydrogens (tertiary/aromatic N) is 1. The molecule has 1 aromatic carbocycles. The average Bonchev–Trinajstić information content (AvgIpc) is 2.47. The summed E-state index contributed by atoms with van der Waals surface area (Å²) in [5, 5.41) is 7.75. The minimum Gasteiger partial charge on any atom is -0.384 e. The van der Waals surface area contributed by atoms with E-state index in [-0.39, 0.29) is 5.84 Å². The third kappa shape index (κ3) is 3.00. The lowest BCUT2D eigenvalue weighted by molar-refractivity contribution is 0.199. The fourth-order valence-corrected chi connectivity index (χ4v) is 3.52. The lowest BCUT2D eigenvalue weighted by Crippen LogP contribution is -2.40. The number of rotatable bonds is 4. The second kappa shape index (κ2) is 6.17. The monoisotopic (exact) mass is 337 g/mol. The van der Waals surface area contributed by atoms with Crippen LogP contribution in [0.15, 0.2) is 22.7 Å². The number of nitrogens with one attached hydrogen (secondary N) is 1. The predicted octanol–water partition coefficient (Wildman–Crippen LogP) is 4.14. The van der Waals surface area contributed by atoms with Crippen LogP contribution in [0.3, 0.4) is 0 Å². The zero-order valence-electron chi connectivity index (χ0n) is 12.4. The van der Waals surface area contributed by atoms with E-state index in [0.717, 1.165) is 28.8 Å². The Balaban J connectivity index is 2.22. The van der Waals surface area contributed by atoms with Crippen LogP contribution in [0.2, 0.25) is 0 Å². The first-order chi connectivity index (χ1) is 9.51. The molecule has 3 N–H and O–H groups in total. The van der Waals surface area contributed by atoms with Gasteiger partial charge in [-0.2, -0.15) is 0 Å². The summed E-state index contributed by atoms with van der Waals surface area (Å²) in [5.41, 5.74) is 8.16. The van der Waals surface area contributed by atoms with Gasteiger partial charge in [0, 0.05) is 28.8 Å². The number of anilines is 1. The quantitative estimate of drug-likeness (QED) is 0.640. The van der Waals surface area contributed by atoms with Gasteiger partial charge in [-0.15, -0.1) is 0 Å². The van der Waals surface area contributed by atoms with Crippen molar-refractivity contribution in [2.24, 2.45) is 11.1 Å². The van der Waals surface area contributed by atoms with Crippen LogP contribution in [-0.2, 0) is 0 Å². The molecule has 0 unspecified atom stereocenters. The van der Waals surface area contributed by atoms with Crippen LogP contribution >= 0.6 is 15.9 Å². The van der Waals surface area contributed by atoms with Crippen molar-refractivity contribution in [3.63, 3.8) is 0 Å². The summed E-state index contributed by atoms with van der Waals surface area (Å²) < 4.78 is 1.04. The van der Waals surface area contributed by atoms with Gasteiger partial charge in [-0.05, 0) is 36.5 Å². The molecule has 1 saturated heterocycles. The highest BCUT2D eigenvalue weighted by atomic mass is 79.9. The second-order valence-electron chi connectivity index (χ2n) is 5.77. The number of benzene rings is 1. The van der Waals surface area contributed by atoms with Crippen LogP contribution in [0.1, 0.15) is 45.1 Å². The van der Waals surface area contributed by atoms with Gasteiger partial charge in [0.15, 0.2) is 0 Å². The first-order valence-corrected chi connectivity index (χ1v) is 8.19. The van der Waals surface area contributed by atoms with Gasteiger partial charge in [-0.3, -0.25) is 5.41 Å². The van der Waals surface area contributed by atoms with Crippen molar-refractivity contribution in [3.8, 4) is 0 Å². The standard InChI is InChI=1S/C16H24BrN3/c1-3-16(4-2)7-9-20(10-8-16)14-11-12(17)5-6-13(14)15(18)19/h5-6,11H,3-4,7-10H2,1-2H3,(H3,18,19). The zero-order chi connectivity index (χ0) is 14.8. The van der Waals surface area contributed by atoms with Crippen LogP contribution in [0.5, 0.6) is 0 Å². The summed E-state index contributed by atoms with van der Waals surface area (Å²) in [4.78, 5) is 2.38. The zero-order valence-corrected chi connectivity index (χ0v) is 14.0. The third-order valence-corrected chi connectivity index (χ3v) is 5.41. The van der Waals surface area contributed by atoms with E-state index in [2.05, 4.69) is 40.7 Å². The number of hydrogen-bond donors (Lipinski definition) is 2. The first kappa shape index (κ1) is 15.4. The molecule has 0 atom stereocenters. The normalized spacial score (nSPS) is 18.1. The Morgan fingerprint density at radius 3 is 2.40 bits per heavy atom. The molecule has 110 valence electrons. The van der Waals surface area contributed by atoms with Gasteiger partial charge >= 0.3 is 0 Å². The molecule has 4 heteroatoms. The summed E-state index contributed by atoms with van der Waals surface area (Å²) in [7, 11) is 0. The highest BCUT2D eigenvalue weighted by Gasteiger charge is 2.31. The van der Waals surface area contributed by atoms with Crippen molar-refractivity contribution in [2.75, 3.05) is 18.0 Å². The fraction of sp³-hybridized carbons (Fsp3) is 0.562. The van der Waals surface area contributed by atoms with Crippen molar-refractivity contribution >= 4 is 27.5 Å². The molecular formula is C16H24BrN3. The van der Waals surface area contributed by atoms with Crippen LogP contribution in [0.4, 0.5) is 5.69 Å². The van der Waals surface area contributed by atoms with Gasteiger partial charge in [0.25, 0.3) is 0 Å². The molecule has 1 fully saturated rings. The second-order valence-corrected chi connectivity index (χ2v) is 6.68. The predicted molar refractivity (Wildman–Crippen MR) is 89.6 cm³/mol. The first-order valence-electron chi connectivity index (χ1n) is 7.40. The Labute approximate surface area is 130 Å². The number of nitrogen functional groups attached to an aromatic ring is 1. The summed E-state index contributed by atoms with van der Waals surface area (Å²) in [6.45, 7) is 6.72.